The number of aryl methyl sites for hydroxylation is 3. The Morgan fingerprint density at radius 1 is 1.25 bits per heavy atom. The number of fused-ring (bicyclic) bond motifs is 1. The largest absolute Gasteiger partial charge is 0.507 e. The number of aromatic carboxylic acids is 1. The van der Waals surface area contributed by atoms with Crippen LogP contribution in [-0.2, 0) is 0 Å². The molecule has 0 bridgehead atoms. The van der Waals surface area contributed by atoms with Crippen molar-refractivity contribution in [2.75, 3.05) is 0 Å². The first-order chi connectivity index (χ1) is 7.43. The molecule has 0 aliphatic carbocycles. The first-order valence-electron chi connectivity index (χ1n) is 4.89. The molecular weight excluding hydrogens is 208 g/mol. The lowest BCUT2D eigenvalue weighted by Crippen LogP contribution is -1.98. The van der Waals surface area contributed by atoms with Crippen LogP contribution in [0.15, 0.2) is 10.5 Å². The Hall–Kier alpha value is -1.97. The van der Waals surface area contributed by atoms with Crippen LogP contribution >= 0.6 is 0 Å². The summed E-state index contributed by atoms with van der Waals surface area (Å²) >= 11 is 0. The zero-order valence-electron chi connectivity index (χ0n) is 9.29. The van der Waals surface area contributed by atoms with E-state index < -0.39 is 5.97 Å². The molecule has 0 atom stereocenters. The number of hydrogen-bond donors (Lipinski definition) is 2. The molecule has 4 nitrogen and oxygen atoms in total. The smallest absolute Gasteiger partial charge is 0.339 e. The van der Waals surface area contributed by atoms with Crippen LogP contribution in [0.4, 0.5) is 0 Å². The third kappa shape index (κ3) is 1.26. The lowest BCUT2D eigenvalue weighted by Gasteiger charge is -2.04. The van der Waals surface area contributed by atoms with Crippen LogP contribution in [0.1, 0.15) is 27.2 Å². The number of aromatic hydroxyl groups is 1. The summed E-state index contributed by atoms with van der Waals surface area (Å²) in [6, 6.07) is 1.45. The summed E-state index contributed by atoms with van der Waals surface area (Å²) < 4.78 is 5.49. The summed E-state index contributed by atoms with van der Waals surface area (Å²) in [6.07, 6.45) is 0. The molecule has 2 rings (SSSR count). The van der Waals surface area contributed by atoms with Gasteiger partial charge in [0.25, 0.3) is 0 Å². The van der Waals surface area contributed by atoms with Gasteiger partial charge in [0.2, 0.25) is 0 Å². The van der Waals surface area contributed by atoms with Gasteiger partial charge in [0.05, 0.1) is 0 Å². The van der Waals surface area contributed by atoms with Gasteiger partial charge in [-0.15, -0.1) is 0 Å². The lowest BCUT2D eigenvalue weighted by atomic mass is 10.0. The number of benzene rings is 1. The van der Waals surface area contributed by atoms with E-state index in [0.29, 0.717) is 11.1 Å². The topological polar surface area (TPSA) is 70.7 Å². The number of hydrogen-bond acceptors (Lipinski definition) is 3. The summed E-state index contributed by atoms with van der Waals surface area (Å²) in [5, 5.41) is 19.4. The minimum Gasteiger partial charge on any atom is -0.507 e. The molecule has 0 fully saturated rings. The molecule has 1 heterocycles. The van der Waals surface area contributed by atoms with Gasteiger partial charge in [-0.05, 0) is 32.4 Å². The van der Waals surface area contributed by atoms with Gasteiger partial charge in [-0.1, -0.05) is 0 Å². The average Bonchev–Trinajstić information content (AvgIpc) is 2.50. The summed E-state index contributed by atoms with van der Waals surface area (Å²) in [5.74, 6) is -0.630. The number of furan rings is 1. The quantitative estimate of drug-likeness (QED) is 0.775. The van der Waals surface area contributed by atoms with E-state index in [4.69, 9.17) is 9.52 Å². The van der Waals surface area contributed by atoms with E-state index in [9.17, 15) is 9.90 Å². The zero-order valence-corrected chi connectivity index (χ0v) is 9.29. The van der Waals surface area contributed by atoms with Crippen LogP contribution in [0.3, 0.4) is 0 Å². The molecule has 4 heteroatoms. The Morgan fingerprint density at radius 3 is 2.44 bits per heavy atom. The molecule has 0 amide bonds. The van der Waals surface area contributed by atoms with Gasteiger partial charge in [0.15, 0.2) is 0 Å². The van der Waals surface area contributed by atoms with Gasteiger partial charge in [-0.25, -0.2) is 4.79 Å². The van der Waals surface area contributed by atoms with Crippen molar-refractivity contribution in [3.05, 3.63) is 28.5 Å². The predicted octanol–water partition coefficient (Wildman–Crippen LogP) is 2.76. The van der Waals surface area contributed by atoms with Gasteiger partial charge in [-0.2, -0.15) is 0 Å². The monoisotopic (exact) mass is 220 g/mol. The van der Waals surface area contributed by atoms with Crippen molar-refractivity contribution >= 4 is 16.9 Å². The first-order valence-corrected chi connectivity index (χ1v) is 4.89. The summed E-state index contributed by atoms with van der Waals surface area (Å²) in [7, 11) is 0. The van der Waals surface area contributed by atoms with Crippen molar-refractivity contribution in [2.45, 2.75) is 20.8 Å². The normalized spacial score (nSPS) is 10.9. The molecule has 84 valence electrons. The van der Waals surface area contributed by atoms with E-state index in [2.05, 4.69) is 0 Å². The van der Waals surface area contributed by atoms with E-state index in [1.807, 2.05) is 13.8 Å². The number of carboxylic acid groups (broad SMARTS) is 1. The molecule has 2 aromatic rings. The lowest BCUT2D eigenvalue weighted by molar-refractivity contribution is 0.0694. The first kappa shape index (κ1) is 10.5. The molecule has 0 saturated carbocycles. The van der Waals surface area contributed by atoms with Crippen LogP contribution in [0.25, 0.3) is 11.0 Å². The Balaban J connectivity index is 2.94. The van der Waals surface area contributed by atoms with Crippen molar-refractivity contribution in [2.24, 2.45) is 0 Å². The minimum atomic E-state index is -1.14. The second kappa shape index (κ2) is 3.27. The highest BCUT2D eigenvalue weighted by atomic mass is 16.4. The number of carboxylic acids is 1. The maximum atomic E-state index is 10.9. The molecule has 16 heavy (non-hydrogen) atoms. The van der Waals surface area contributed by atoms with Crippen molar-refractivity contribution < 1.29 is 19.4 Å². The van der Waals surface area contributed by atoms with Gasteiger partial charge in [0.1, 0.15) is 22.7 Å². The number of carbonyl (C=O) groups is 1. The summed E-state index contributed by atoms with van der Waals surface area (Å²) in [4.78, 5) is 10.9. The highest BCUT2D eigenvalue weighted by Crippen LogP contribution is 2.34. The Morgan fingerprint density at radius 2 is 1.88 bits per heavy atom. The standard InChI is InChI=1S/C12H12O4/c1-5-7(3)16-11-6(2)10(13)9(12(14)15)4-8(5)11/h4,13H,1-3H3,(H,14,15). The molecular formula is C12H12O4. The number of phenols is 1. The third-order valence-electron chi connectivity index (χ3n) is 2.90. The molecule has 0 aliphatic rings. The second-order valence-corrected chi connectivity index (χ2v) is 3.86. The van der Waals surface area contributed by atoms with Gasteiger partial charge in [0, 0.05) is 10.9 Å². The molecule has 0 saturated heterocycles. The van der Waals surface area contributed by atoms with Crippen molar-refractivity contribution in [1.29, 1.82) is 0 Å². The van der Waals surface area contributed by atoms with E-state index in [-0.39, 0.29) is 11.3 Å². The van der Waals surface area contributed by atoms with Crippen LogP contribution in [-0.4, -0.2) is 16.2 Å². The molecule has 2 N–H and O–H groups in total. The molecule has 0 spiro atoms. The molecule has 0 unspecified atom stereocenters. The summed E-state index contributed by atoms with van der Waals surface area (Å²) in [6.45, 7) is 5.32. The van der Waals surface area contributed by atoms with Gasteiger partial charge < -0.3 is 14.6 Å². The Kier molecular flexibility index (Phi) is 2.15. The highest BCUT2D eigenvalue weighted by molar-refractivity contribution is 5.99. The van der Waals surface area contributed by atoms with Gasteiger partial charge >= 0.3 is 5.97 Å². The van der Waals surface area contributed by atoms with Crippen LogP contribution in [0, 0.1) is 20.8 Å². The predicted molar refractivity (Wildman–Crippen MR) is 59.0 cm³/mol. The van der Waals surface area contributed by atoms with E-state index in [0.717, 1.165) is 16.7 Å². The number of rotatable bonds is 1. The third-order valence-corrected chi connectivity index (χ3v) is 2.90. The fourth-order valence-electron chi connectivity index (χ4n) is 1.78. The fraction of sp³-hybridized carbons (Fsp3) is 0.250. The minimum absolute atomic E-state index is 0.0890. The Labute approximate surface area is 92.1 Å². The van der Waals surface area contributed by atoms with Crippen LogP contribution < -0.4 is 0 Å². The molecule has 0 aliphatic heterocycles. The molecule has 1 aromatic carbocycles. The second-order valence-electron chi connectivity index (χ2n) is 3.86. The van der Waals surface area contributed by atoms with E-state index in [1.54, 1.807) is 6.92 Å². The van der Waals surface area contributed by atoms with E-state index >= 15 is 0 Å². The molecule has 0 radical (unpaired) electrons. The summed E-state index contributed by atoms with van der Waals surface area (Å²) in [5.41, 5.74) is 1.83. The van der Waals surface area contributed by atoms with E-state index in [1.165, 1.54) is 6.07 Å². The SMILES string of the molecule is Cc1oc2c(C)c(O)c(C(=O)O)cc2c1C. The Bertz CT molecular complexity index is 593. The molecule has 1 aromatic heterocycles. The highest BCUT2D eigenvalue weighted by Gasteiger charge is 2.19. The fourth-order valence-corrected chi connectivity index (χ4v) is 1.78. The maximum absolute atomic E-state index is 10.9. The van der Waals surface area contributed by atoms with Crippen molar-refractivity contribution in [3.8, 4) is 5.75 Å². The average molecular weight is 220 g/mol. The van der Waals surface area contributed by atoms with Crippen LogP contribution in [0.5, 0.6) is 5.75 Å². The van der Waals surface area contributed by atoms with Crippen LogP contribution in [0.2, 0.25) is 0 Å². The maximum Gasteiger partial charge on any atom is 0.339 e. The van der Waals surface area contributed by atoms with Gasteiger partial charge in [-0.3, -0.25) is 0 Å². The van der Waals surface area contributed by atoms with Crippen molar-refractivity contribution in [3.63, 3.8) is 0 Å². The van der Waals surface area contributed by atoms with Crippen molar-refractivity contribution in [1.82, 2.24) is 0 Å². The zero-order chi connectivity index (χ0) is 12.0.